The molecule has 2 rings (SSSR count). The van der Waals surface area contributed by atoms with E-state index in [1.165, 1.54) is 6.92 Å². The number of anilines is 2. The molecular weight excluding hydrogens is 228 g/mol. The number of rotatable bonds is 4. The smallest absolute Gasteiger partial charge is 0.221 e. The Bertz CT molecular complexity index is 533. The van der Waals surface area contributed by atoms with Crippen LogP contribution in [0.25, 0.3) is 0 Å². The van der Waals surface area contributed by atoms with Crippen molar-refractivity contribution in [2.45, 2.75) is 20.4 Å². The van der Waals surface area contributed by atoms with E-state index in [1.54, 1.807) is 6.26 Å². The van der Waals surface area contributed by atoms with Gasteiger partial charge in [-0.2, -0.15) is 0 Å². The highest BCUT2D eigenvalue weighted by molar-refractivity contribution is 5.90. The van der Waals surface area contributed by atoms with E-state index in [2.05, 4.69) is 10.6 Å². The molecule has 0 fully saturated rings. The molecule has 0 radical (unpaired) electrons. The predicted octanol–water partition coefficient (Wildman–Crippen LogP) is 3.16. The minimum Gasteiger partial charge on any atom is -0.467 e. The van der Waals surface area contributed by atoms with Gasteiger partial charge in [-0.05, 0) is 36.8 Å². The lowest BCUT2D eigenvalue weighted by atomic mass is 10.1. The topological polar surface area (TPSA) is 54.3 Å². The van der Waals surface area contributed by atoms with Gasteiger partial charge in [0.15, 0.2) is 0 Å². The van der Waals surface area contributed by atoms with Gasteiger partial charge < -0.3 is 15.1 Å². The van der Waals surface area contributed by atoms with Crippen molar-refractivity contribution in [1.29, 1.82) is 0 Å². The molecule has 0 aliphatic heterocycles. The SMILES string of the molecule is CC(=O)Nc1cc(NCc2ccco2)ccc1C. The molecule has 0 saturated heterocycles. The maximum Gasteiger partial charge on any atom is 0.221 e. The van der Waals surface area contributed by atoms with E-state index in [1.807, 2.05) is 37.3 Å². The Labute approximate surface area is 106 Å². The van der Waals surface area contributed by atoms with Crippen LogP contribution in [-0.4, -0.2) is 5.91 Å². The van der Waals surface area contributed by atoms with Gasteiger partial charge >= 0.3 is 0 Å². The van der Waals surface area contributed by atoms with Crippen LogP contribution in [0.2, 0.25) is 0 Å². The van der Waals surface area contributed by atoms with Gasteiger partial charge in [-0.1, -0.05) is 6.07 Å². The Kier molecular flexibility index (Phi) is 3.67. The molecule has 2 N–H and O–H groups in total. The van der Waals surface area contributed by atoms with Gasteiger partial charge in [0.25, 0.3) is 0 Å². The largest absolute Gasteiger partial charge is 0.467 e. The number of furan rings is 1. The molecule has 1 aromatic carbocycles. The van der Waals surface area contributed by atoms with E-state index in [-0.39, 0.29) is 5.91 Å². The lowest BCUT2D eigenvalue weighted by molar-refractivity contribution is -0.114. The van der Waals surface area contributed by atoms with Gasteiger partial charge in [-0.3, -0.25) is 4.79 Å². The van der Waals surface area contributed by atoms with Crippen molar-refractivity contribution in [1.82, 2.24) is 0 Å². The first-order valence-corrected chi connectivity index (χ1v) is 5.79. The Balaban J connectivity index is 2.06. The molecule has 1 heterocycles. The summed E-state index contributed by atoms with van der Waals surface area (Å²) in [7, 11) is 0. The number of hydrogen-bond acceptors (Lipinski definition) is 3. The van der Waals surface area contributed by atoms with Crippen molar-refractivity contribution >= 4 is 17.3 Å². The van der Waals surface area contributed by atoms with Gasteiger partial charge in [-0.25, -0.2) is 0 Å². The second-order valence-electron chi connectivity index (χ2n) is 4.14. The minimum absolute atomic E-state index is 0.0683. The van der Waals surface area contributed by atoms with Gasteiger partial charge in [-0.15, -0.1) is 0 Å². The normalized spacial score (nSPS) is 10.1. The fourth-order valence-electron chi connectivity index (χ4n) is 1.66. The predicted molar refractivity (Wildman–Crippen MR) is 71.5 cm³/mol. The van der Waals surface area contributed by atoms with E-state index in [4.69, 9.17) is 4.42 Å². The molecule has 2 aromatic rings. The van der Waals surface area contributed by atoms with E-state index in [0.717, 1.165) is 22.7 Å². The standard InChI is InChI=1S/C14H16N2O2/c1-10-5-6-12(8-14(10)16-11(2)17)15-9-13-4-3-7-18-13/h3-8,15H,9H2,1-2H3,(H,16,17). The van der Waals surface area contributed by atoms with Crippen molar-refractivity contribution in [3.63, 3.8) is 0 Å². The lowest BCUT2D eigenvalue weighted by Crippen LogP contribution is -2.08. The van der Waals surface area contributed by atoms with Crippen LogP contribution in [0, 0.1) is 6.92 Å². The van der Waals surface area contributed by atoms with E-state index in [9.17, 15) is 4.79 Å². The quantitative estimate of drug-likeness (QED) is 0.868. The second-order valence-corrected chi connectivity index (χ2v) is 4.14. The van der Waals surface area contributed by atoms with Gasteiger partial charge in [0.2, 0.25) is 5.91 Å². The Hall–Kier alpha value is -2.23. The van der Waals surface area contributed by atoms with Crippen molar-refractivity contribution < 1.29 is 9.21 Å². The van der Waals surface area contributed by atoms with E-state index < -0.39 is 0 Å². The summed E-state index contributed by atoms with van der Waals surface area (Å²) in [5, 5.41) is 6.05. The summed E-state index contributed by atoms with van der Waals surface area (Å²) >= 11 is 0. The third-order valence-electron chi connectivity index (χ3n) is 2.60. The zero-order chi connectivity index (χ0) is 13.0. The molecule has 94 valence electrons. The van der Waals surface area contributed by atoms with Crippen LogP contribution in [0.1, 0.15) is 18.2 Å². The number of aryl methyl sites for hydroxylation is 1. The summed E-state index contributed by atoms with van der Waals surface area (Å²) in [4.78, 5) is 11.1. The van der Waals surface area contributed by atoms with Crippen molar-refractivity contribution in [2.75, 3.05) is 10.6 Å². The highest BCUT2D eigenvalue weighted by Gasteiger charge is 2.02. The maximum atomic E-state index is 11.1. The molecule has 0 saturated carbocycles. The number of amides is 1. The van der Waals surface area contributed by atoms with E-state index in [0.29, 0.717) is 6.54 Å². The van der Waals surface area contributed by atoms with Crippen LogP contribution in [0.3, 0.4) is 0 Å². The lowest BCUT2D eigenvalue weighted by Gasteiger charge is -2.10. The summed E-state index contributed by atoms with van der Waals surface area (Å²) in [5.41, 5.74) is 2.81. The summed E-state index contributed by atoms with van der Waals surface area (Å²) in [6.45, 7) is 4.08. The van der Waals surface area contributed by atoms with Crippen LogP contribution in [0.5, 0.6) is 0 Å². The molecule has 18 heavy (non-hydrogen) atoms. The number of benzene rings is 1. The third kappa shape index (κ3) is 3.13. The highest BCUT2D eigenvalue weighted by atomic mass is 16.3. The average molecular weight is 244 g/mol. The zero-order valence-electron chi connectivity index (χ0n) is 10.5. The summed E-state index contributed by atoms with van der Waals surface area (Å²) < 4.78 is 5.24. The van der Waals surface area contributed by atoms with Crippen molar-refractivity contribution in [3.05, 3.63) is 47.9 Å². The molecule has 4 heteroatoms. The minimum atomic E-state index is -0.0683. The van der Waals surface area contributed by atoms with E-state index >= 15 is 0 Å². The Morgan fingerprint density at radius 3 is 2.83 bits per heavy atom. The molecule has 0 bridgehead atoms. The Morgan fingerprint density at radius 2 is 2.17 bits per heavy atom. The summed E-state index contributed by atoms with van der Waals surface area (Å²) in [5.74, 6) is 0.804. The van der Waals surface area contributed by atoms with Crippen LogP contribution in [0.4, 0.5) is 11.4 Å². The van der Waals surface area contributed by atoms with Crippen molar-refractivity contribution in [3.8, 4) is 0 Å². The number of carbonyl (C=O) groups excluding carboxylic acids is 1. The number of nitrogens with one attached hydrogen (secondary N) is 2. The first kappa shape index (κ1) is 12.2. The average Bonchev–Trinajstić information content (AvgIpc) is 2.82. The van der Waals surface area contributed by atoms with Crippen LogP contribution < -0.4 is 10.6 Å². The van der Waals surface area contributed by atoms with Gasteiger partial charge in [0.1, 0.15) is 5.76 Å². The van der Waals surface area contributed by atoms with Crippen LogP contribution in [-0.2, 0) is 11.3 Å². The van der Waals surface area contributed by atoms with Gasteiger partial charge in [0.05, 0.1) is 12.8 Å². The van der Waals surface area contributed by atoms with Crippen molar-refractivity contribution in [2.24, 2.45) is 0 Å². The van der Waals surface area contributed by atoms with Gasteiger partial charge in [0, 0.05) is 18.3 Å². The fraction of sp³-hybridized carbons (Fsp3) is 0.214. The Morgan fingerprint density at radius 1 is 1.33 bits per heavy atom. The molecule has 0 spiro atoms. The van der Waals surface area contributed by atoms with Crippen LogP contribution >= 0.6 is 0 Å². The number of carbonyl (C=O) groups is 1. The first-order valence-electron chi connectivity index (χ1n) is 5.79. The molecular formula is C14H16N2O2. The molecule has 4 nitrogen and oxygen atoms in total. The fourth-order valence-corrected chi connectivity index (χ4v) is 1.66. The summed E-state index contributed by atoms with van der Waals surface area (Å²) in [6.07, 6.45) is 1.65. The molecule has 0 aliphatic rings. The third-order valence-corrected chi connectivity index (χ3v) is 2.60. The second kappa shape index (κ2) is 5.40. The highest BCUT2D eigenvalue weighted by Crippen LogP contribution is 2.20. The molecule has 0 atom stereocenters. The molecule has 1 aromatic heterocycles. The molecule has 0 unspecified atom stereocenters. The molecule has 0 aliphatic carbocycles. The number of hydrogen-bond donors (Lipinski definition) is 2. The maximum absolute atomic E-state index is 11.1. The van der Waals surface area contributed by atoms with Crippen LogP contribution in [0.15, 0.2) is 41.0 Å². The summed E-state index contributed by atoms with van der Waals surface area (Å²) in [6, 6.07) is 9.63. The first-order chi connectivity index (χ1) is 8.65. The monoisotopic (exact) mass is 244 g/mol. The zero-order valence-corrected chi connectivity index (χ0v) is 10.5. The molecule has 1 amide bonds.